The van der Waals surface area contributed by atoms with E-state index in [1.54, 1.807) is 30.3 Å². The van der Waals surface area contributed by atoms with Crippen LogP contribution in [0.1, 0.15) is 0 Å². The zero-order chi connectivity index (χ0) is 16.8. The number of likely N-dealkylation sites (N-methyl/N-ethyl adjacent to an activating group) is 1. The van der Waals surface area contributed by atoms with Gasteiger partial charge in [-0.1, -0.05) is 30.3 Å². The Morgan fingerprint density at radius 3 is 2.61 bits per heavy atom. The van der Waals surface area contributed by atoms with E-state index in [2.05, 4.69) is 15.6 Å². The van der Waals surface area contributed by atoms with E-state index in [1.807, 2.05) is 0 Å². The van der Waals surface area contributed by atoms with Gasteiger partial charge in [0.1, 0.15) is 11.9 Å². The summed E-state index contributed by atoms with van der Waals surface area (Å²) < 4.78 is 0. The number of hydrogen-bond acceptors (Lipinski definition) is 6. The highest BCUT2D eigenvalue weighted by Gasteiger charge is 2.18. The first-order valence-corrected chi connectivity index (χ1v) is 6.87. The van der Waals surface area contributed by atoms with Crippen molar-refractivity contribution in [3.05, 3.63) is 52.6 Å². The van der Waals surface area contributed by atoms with E-state index in [1.165, 1.54) is 19.2 Å². The Balaban J connectivity index is 2.27. The highest BCUT2D eigenvalue weighted by Crippen LogP contribution is 2.29. The number of benzene rings is 1. The van der Waals surface area contributed by atoms with Crippen LogP contribution in [0.5, 0.6) is 0 Å². The number of amides is 1. The summed E-state index contributed by atoms with van der Waals surface area (Å²) in [6, 6.07) is 11.5. The molecule has 0 saturated heterocycles. The third-order valence-corrected chi connectivity index (χ3v) is 3.14. The molecule has 0 aliphatic carbocycles. The van der Waals surface area contributed by atoms with Gasteiger partial charge in [-0.05, 0) is 6.07 Å². The van der Waals surface area contributed by atoms with Crippen molar-refractivity contribution in [2.75, 3.05) is 18.9 Å². The number of aliphatic hydroxyl groups excluding tert-OH is 1. The summed E-state index contributed by atoms with van der Waals surface area (Å²) in [4.78, 5) is 26.1. The number of nitrogens with zero attached hydrogens (tertiary/aromatic N) is 2. The number of pyridine rings is 1. The first-order chi connectivity index (χ1) is 11.0. The molecule has 23 heavy (non-hydrogen) atoms. The number of carbonyl (C=O) groups is 1. The number of carbonyl (C=O) groups excluding carboxylic acids is 1. The molecular formula is C15H16N4O4. The molecular weight excluding hydrogens is 300 g/mol. The lowest BCUT2D eigenvalue weighted by molar-refractivity contribution is -0.384. The van der Waals surface area contributed by atoms with Crippen LogP contribution >= 0.6 is 0 Å². The van der Waals surface area contributed by atoms with Crippen LogP contribution in [0.2, 0.25) is 0 Å². The fraction of sp³-hybridized carbons (Fsp3) is 0.200. The average molecular weight is 316 g/mol. The lowest BCUT2D eigenvalue weighted by Gasteiger charge is -2.12. The van der Waals surface area contributed by atoms with Crippen LogP contribution < -0.4 is 10.6 Å². The Morgan fingerprint density at radius 2 is 2.00 bits per heavy atom. The van der Waals surface area contributed by atoms with Crippen molar-refractivity contribution in [2.45, 2.75) is 6.10 Å². The lowest BCUT2D eigenvalue weighted by atomic mass is 10.1. The van der Waals surface area contributed by atoms with E-state index in [9.17, 15) is 20.0 Å². The third kappa shape index (κ3) is 4.01. The number of anilines is 1. The highest BCUT2D eigenvalue weighted by atomic mass is 16.6. The van der Waals surface area contributed by atoms with Gasteiger partial charge in [-0.15, -0.1) is 0 Å². The van der Waals surface area contributed by atoms with Gasteiger partial charge < -0.3 is 15.7 Å². The highest BCUT2D eigenvalue weighted by molar-refractivity contribution is 5.80. The second-order valence-corrected chi connectivity index (χ2v) is 4.70. The molecule has 0 saturated carbocycles. The van der Waals surface area contributed by atoms with E-state index >= 15 is 0 Å². The van der Waals surface area contributed by atoms with Crippen molar-refractivity contribution in [3.63, 3.8) is 0 Å². The standard InChI is InChI=1S/C15H16N4O4/c1-16-15(21)12(20)9-17-13-8-7-11(19(22)23)14(18-13)10-5-3-2-4-6-10/h2-8,12,20H,9H2,1H3,(H,16,21)(H,17,18). The molecule has 1 unspecified atom stereocenters. The quantitative estimate of drug-likeness (QED) is 0.544. The summed E-state index contributed by atoms with van der Waals surface area (Å²) in [5.41, 5.74) is 0.707. The smallest absolute Gasteiger partial charge is 0.295 e. The van der Waals surface area contributed by atoms with Crippen molar-refractivity contribution in [3.8, 4) is 11.3 Å². The molecule has 0 aliphatic rings. The normalized spacial score (nSPS) is 11.6. The Morgan fingerprint density at radius 1 is 1.30 bits per heavy atom. The fourth-order valence-electron chi connectivity index (χ4n) is 1.97. The molecule has 0 fully saturated rings. The number of nitro groups is 1. The molecule has 8 nitrogen and oxygen atoms in total. The minimum Gasteiger partial charge on any atom is -0.381 e. The second-order valence-electron chi connectivity index (χ2n) is 4.70. The minimum absolute atomic E-state index is 0.0568. The molecule has 3 N–H and O–H groups in total. The second kappa shape index (κ2) is 7.32. The summed E-state index contributed by atoms with van der Waals surface area (Å²) in [5.74, 6) is -0.194. The largest absolute Gasteiger partial charge is 0.381 e. The summed E-state index contributed by atoms with van der Waals surface area (Å²) in [7, 11) is 1.42. The topological polar surface area (TPSA) is 117 Å². The molecule has 0 spiro atoms. The van der Waals surface area contributed by atoms with E-state index < -0.39 is 16.9 Å². The number of aromatic nitrogens is 1. The Labute approximate surface area is 132 Å². The summed E-state index contributed by atoms with van der Waals surface area (Å²) in [5, 5.41) is 25.9. The Kier molecular flexibility index (Phi) is 5.21. The van der Waals surface area contributed by atoms with Crippen molar-refractivity contribution < 1.29 is 14.8 Å². The van der Waals surface area contributed by atoms with E-state index in [-0.39, 0.29) is 17.9 Å². The monoisotopic (exact) mass is 316 g/mol. The van der Waals surface area contributed by atoms with Crippen LogP contribution in [0, 0.1) is 10.1 Å². The van der Waals surface area contributed by atoms with Gasteiger partial charge in [0.25, 0.3) is 5.69 Å². The van der Waals surface area contributed by atoms with Gasteiger partial charge in [0.05, 0.1) is 11.5 Å². The van der Waals surface area contributed by atoms with E-state index in [4.69, 9.17) is 0 Å². The lowest BCUT2D eigenvalue weighted by Crippen LogP contribution is -2.36. The molecule has 2 rings (SSSR count). The van der Waals surface area contributed by atoms with Gasteiger partial charge >= 0.3 is 0 Å². The van der Waals surface area contributed by atoms with Crippen LogP contribution in [0.15, 0.2) is 42.5 Å². The van der Waals surface area contributed by atoms with Gasteiger partial charge in [-0.25, -0.2) is 4.98 Å². The van der Waals surface area contributed by atoms with E-state index in [0.717, 1.165) is 0 Å². The molecule has 0 radical (unpaired) electrons. The van der Waals surface area contributed by atoms with Crippen LogP contribution in [0.3, 0.4) is 0 Å². The third-order valence-electron chi connectivity index (χ3n) is 3.14. The molecule has 2 aromatic rings. The van der Waals surface area contributed by atoms with Crippen LogP contribution in [-0.2, 0) is 4.79 Å². The van der Waals surface area contributed by atoms with Gasteiger partial charge in [0, 0.05) is 18.7 Å². The predicted octanol–water partition coefficient (Wildman–Crippen LogP) is 1.18. The molecule has 0 bridgehead atoms. The SMILES string of the molecule is CNC(=O)C(O)CNc1ccc([N+](=O)[O-])c(-c2ccccc2)n1. The van der Waals surface area contributed by atoms with E-state index in [0.29, 0.717) is 11.4 Å². The van der Waals surface area contributed by atoms with Gasteiger partial charge in [-0.3, -0.25) is 14.9 Å². The number of nitrogens with one attached hydrogen (secondary N) is 2. The maximum Gasteiger partial charge on any atom is 0.295 e. The molecule has 1 heterocycles. The number of rotatable bonds is 6. The van der Waals surface area contributed by atoms with Crippen LogP contribution in [0.25, 0.3) is 11.3 Å². The number of hydrogen-bond donors (Lipinski definition) is 3. The van der Waals surface area contributed by atoms with Gasteiger partial charge in [0.2, 0.25) is 5.91 Å². The van der Waals surface area contributed by atoms with Crippen molar-refractivity contribution in [1.29, 1.82) is 0 Å². The molecule has 1 amide bonds. The molecule has 8 heteroatoms. The van der Waals surface area contributed by atoms with Gasteiger partial charge in [-0.2, -0.15) is 0 Å². The number of aliphatic hydroxyl groups is 1. The molecule has 1 atom stereocenters. The first-order valence-electron chi connectivity index (χ1n) is 6.87. The molecule has 1 aromatic carbocycles. The fourth-order valence-corrected chi connectivity index (χ4v) is 1.97. The summed E-state index contributed by atoms with van der Waals surface area (Å²) >= 11 is 0. The van der Waals surface area contributed by atoms with Crippen LogP contribution in [-0.4, -0.2) is 40.6 Å². The Bertz CT molecular complexity index is 706. The summed E-state index contributed by atoms with van der Waals surface area (Å²) in [6.07, 6.45) is -1.24. The summed E-state index contributed by atoms with van der Waals surface area (Å²) in [6.45, 7) is -0.0568. The Hall–Kier alpha value is -3.00. The molecule has 1 aromatic heterocycles. The maximum absolute atomic E-state index is 11.3. The molecule has 120 valence electrons. The van der Waals surface area contributed by atoms with Crippen molar-refractivity contribution >= 4 is 17.4 Å². The van der Waals surface area contributed by atoms with Crippen LogP contribution in [0.4, 0.5) is 11.5 Å². The molecule has 0 aliphatic heterocycles. The zero-order valence-corrected chi connectivity index (χ0v) is 12.4. The first kappa shape index (κ1) is 16.4. The van der Waals surface area contributed by atoms with Crippen molar-refractivity contribution in [2.24, 2.45) is 0 Å². The average Bonchev–Trinajstić information content (AvgIpc) is 2.59. The van der Waals surface area contributed by atoms with Crippen molar-refractivity contribution in [1.82, 2.24) is 10.3 Å². The van der Waals surface area contributed by atoms with Gasteiger partial charge in [0.15, 0.2) is 5.69 Å². The maximum atomic E-state index is 11.3. The predicted molar refractivity (Wildman–Crippen MR) is 84.9 cm³/mol. The minimum atomic E-state index is -1.24. The zero-order valence-electron chi connectivity index (χ0n) is 12.4.